The van der Waals surface area contributed by atoms with E-state index in [0.717, 1.165) is 12.1 Å². The van der Waals surface area contributed by atoms with Crippen LogP contribution in [0, 0.1) is 10.1 Å². The fourth-order valence-corrected chi connectivity index (χ4v) is 1.93. The predicted molar refractivity (Wildman–Crippen MR) is 90.8 cm³/mol. The molecule has 0 saturated carbocycles. The van der Waals surface area contributed by atoms with Crippen molar-refractivity contribution in [2.45, 2.75) is 6.61 Å². The second-order valence-corrected chi connectivity index (χ2v) is 5.03. The summed E-state index contributed by atoms with van der Waals surface area (Å²) >= 11 is 0. The molecule has 0 aliphatic carbocycles. The molecule has 0 fully saturated rings. The molecule has 0 heterocycles. The van der Waals surface area contributed by atoms with E-state index in [9.17, 15) is 28.5 Å². The highest BCUT2D eigenvalue weighted by Gasteiger charge is 2.11. The van der Waals surface area contributed by atoms with Crippen molar-refractivity contribution in [3.8, 4) is 5.75 Å². The lowest BCUT2D eigenvalue weighted by Gasteiger charge is -2.05. The molecule has 140 valence electrons. The number of alkyl halides is 2. The summed E-state index contributed by atoms with van der Waals surface area (Å²) in [6.07, 6.45) is 2.50. The predicted octanol–water partition coefficient (Wildman–Crippen LogP) is 2.67. The highest BCUT2D eigenvalue weighted by molar-refractivity contribution is 5.98. The first-order valence-corrected chi connectivity index (χ1v) is 7.43. The Morgan fingerprint density at radius 1 is 1.11 bits per heavy atom. The highest BCUT2D eigenvalue weighted by Crippen LogP contribution is 2.15. The topological polar surface area (TPSA) is 111 Å². The highest BCUT2D eigenvalue weighted by atomic mass is 19.3. The lowest BCUT2D eigenvalue weighted by atomic mass is 10.2. The van der Waals surface area contributed by atoms with Gasteiger partial charge in [-0.15, -0.1) is 0 Å². The Hall–Kier alpha value is -3.82. The maximum absolute atomic E-state index is 12.1. The van der Waals surface area contributed by atoms with Gasteiger partial charge in [0.05, 0.1) is 4.92 Å². The van der Waals surface area contributed by atoms with E-state index in [4.69, 9.17) is 0 Å². The number of amides is 2. The summed E-state index contributed by atoms with van der Waals surface area (Å²) in [4.78, 5) is 33.6. The van der Waals surface area contributed by atoms with Gasteiger partial charge in [0.15, 0.2) is 0 Å². The number of nitro benzene ring substituents is 1. The van der Waals surface area contributed by atoms with E-state index in [0.29, 0.717) is 5.56 Å². The van der Waals surface area contributed by atoms with Crippen molar-refractivity contribution in [3.63, 3.8) is 0 Å². The van der Waals surface area contributed by atoms with Crippen LogP contribution in [-0.2, 0) is 4.79 Å². The van der Waals surface area contributed by atoms with Crippen molar-refractivity contribution < 1.29 is 28.0 Å². The third-order valence-corrected chi connectivity index (χ3v) is 3.15. The Morgan fingerprint density at radius 2 is 1.81 bits per heavy atom. The molecule has 0 radical (unpaired) electrons. The molecule has 0 aliphatic rings. The SMILES string of the molecule is O=C(/C=C/c1ccc(OC(F)F)cc1)NNC(=O)c1cccc([N+](=O)[O-])c1. The first kappa shape index (κ1) is 19.5. The molecule has 27 heavy (non-hydrogen) atoms. The van der Waals surface area contributed by atoms with Gasteiger partial charge in [-0.3, -0.25) is 30.6 Å². The summed E-state index contributed by atoms with van der Waals surface area (Å²) in [6, 6.07) is 10.5. The van der Waals surface area contributed by atoms with Crippen LogP contribution in [0.1, 0.15) is 15.9 Å². The molecule has 2 amide bonds. The van der Waals surface area contributed by atoms with Crippen molar-refractivity contribution in [1.29, 1.82) is 0 Å². The van der Waals surface area contributed by atoms with Gasteiger partial charge >= 0.3 is 6.61 Å². The van der Waals surface area contributed by atoms with E-state index in [1.165, 1.54) is 48.5 Å². The van der Waals surface area contributed by atoms with Gasteiger partial charge in [0.25, 0.3) is 17.5 Å². The number of rotatable bonds is 6. The first-order valence-electron chi connectivity index (χ1n) is 7.43. The number of ether oxygens (including phenoxy) is 1. The number of benzene rings is 2. The van der Waals surface area contributed by atoms with Gasteiger partial charge in [0.2, 0.25) is 0 Å². The average molecular weight is 377 g/mol. The monoisotopic (exact) mass is 377 g/mol. The van der Waals surface area contributed by atoms with Gasteiger partial charge < -0.3 is 4.74 Å². The molecule has 0 aliphatic heterocycles. The van der Waals surface area contributed by atoms with E-state index in [1.54, 1.807) is 0 Å². The van der Waals surface area contributed by atoms with Crippen LogP contribution < -0.4 is 15.6 Å². The van der Waals surface area contributed by atoms with E-state index < -0.39 is 23.3 Å². The molecular weight excluding hydrogens is 364 g/mol. The summed E-state index contributed by atoms with van der Waals surface area (Å²) in [5.41, 5.74) is 4.52. The van der Waals surface area contributed by atoms with Crippen LogP contribution in [0.15, 0.2) is 54.6 Å². The number of nitrogens with one attached hydrogen (secondary N) is 2. The third-order valence-electron chi connectivity index (χ3n) is 3.15. The minimum Gasteiger partial charge on any atom is -0.435 e. The maximum atomic E-state index is 12.1. The maximum Gasteiger partial charge on any atom is 0.387 e. The molecule has 0 atom stereocenters. The van der Waals surface area contributed by atoms with E-state index in [2.05, 4.69) is 15.6 Å². The van der Waals surface area contributed by atoms with Crippen molar-refractivity contribution >= 4 is 23.6 Å². The average Bonchev–Trinajstić information content (AvgIpc) is 2.65. The lowest BCUT2D eigenvalue weighted by molar-refractivity contribution is -0.384. The Bertz CT molecular complexity index is 869. The smallest absolute Gasteiger partial charge is 0.387 e. The number of non-ortho nitro benzene ring substituents is 1. The zero-order chi connectivity index (χ0) is 19.8. The molecule has 0 spiro atoms. The van der Waals surface area contributed by atoms with E-state index >= 15 is 0 Å². The van der Waals surface area contributed by atoms with Crippen molar-refractivity contribution in [2.24, 2.45) is 0 Å². The molecule has 10 heteroatoms. The molecule has 0 saturated heterocycles. The molecule has 0 bridgehead atoms. The quantitative estimate of drug-likeness (QED) is 0.457. The molecular formula is C17H13F2N3O5. The molecule has 0 unspecified atom stereocenters. The largest absolute Gasteiger partial charge is 0.435 e. The fourth-order valence-electron chi connectivity index (χ4n) is 1.93. The van der Waals surface area contributed by atoms with E-state index in [1.807, 2.05) is 0 Å². The lowest BCUT2D eigenvalue weighted by Crippen LogP contribution is -2.40. The van der Waals surface area contributed by atoms with Crippen LogP contribution in [0.25, 0.3) is 6.08 Å². The fraction of sp³-hybridized carbons (Fsp3) is 0.0588. The summed E-state index contributed by atoms with van der Waals surface area (Å²) in [7, 11) is 0. The Labute approximate surface area is 151 Å². The summed E-state index contributed by atoms with van der Waals surface area (Å²) < 4.78 is 28.3. The van der Waals surface area contributed by atoms with Crippen molar-refractivity contribution in [2.75, 3.05) is 0 Å². The van der Waals surface area contributed by atoms with Gasteiger partial charge in [0, 0.05) is 23.8 Å². The standard InChI is InChI=1S/C17H13F2N3O5/c18-17(19)27-14-7-4-11(5-8-14)6-9-15(23)20-21-16(24)12-2-1-3-13(10-12)22(25)26/h1-10,17H,(H,20,23)(H,21,24)/b9-6+. The van der Waals surface area contributed by atoms with Crippen molar-refractivity contribution in [1.82, 2.24) is 10.9 Å². The number of nitrogens with zero attached hydrogens (tertiary/aromatic N) is 1. The van der Waals surface area contributed by atoms with Crippen LogP contribution in [0.3, 0.4) is 0 Å². The summed E-state index contributed by atoms with van der Waals surface area (Å²) in [6.45, 7) is -2.92. The number of hydrogen-bond donors (Lipinski definition) is 2. The number of hydrogen-bond acceptors (Lipinski definition) is 5. The third kappa shape index (κ3) is 6.20. The number of nitro groups is 1. The first-order chi connectivity index (χ1) is 12.8. The molecule has 0 aromatic heterocycles. The number of carbonyl (C=O) groups is 2. The zero-order valence-corrected chi connectivity index (χ0v) is 13.6. The van der Waals surface area contributed by atoms with E-state index in [-0.39, 0.29) is 17.0 Å². The molecule has 2 aromatic rings. The van der Waals surface area contributed by atoms with Gasteiger partial charge in [-0.25, -0.2) is 0 Å². The Morgan fingerprint density at radius 3 is 2.44 bits per heavy atom. The zero-order valence-electron chi connectivity index (χ0n) is 13.6. The summed E-state index contributed by atoms with van der Waals surface area (Å²) in [5, 5.41) is 10.7. The van der Waals surface area contributed by atoms with Crippen molar-refractivity contribution in [3.05, 3.63) is 75.8 Å². The normalized spacial score (nSPS) is 10.6. The second kappa shape index (κ2) is 9.04. The molecule has 2 aromatic carbocycles. The number of halogens is 2. The molecule has 8 nitrogen and oxygen atoms in total. The Balaban J connectivity index is 1.88. The molecule has 2 rings (SSSR count). The van der Waals surface area contributed by atoms with Gasteiger partial charge in [-0.2, -0.15) is 8.78 Å². The molecule has 2 N–H and O–H groups in total. The van der Waals surface area contributed by atoms with Crippen LogP contribution in [0.5, 0.6) is 5.75 Å². The van der Waals surface area contributed by atoms with Gasteiger partial charge in [-0.1, -0.05) is 18.2 Å². The second-order valence-electron chi connectivity index (χ2n) is 5.03. The Kier molecular flexibility index (Phi) is 6.53. The minimum absolute atomic E-state index is 0.00287. The van der Waals surface area contributed by atoms with Crippen LogP contribution in [0.4, 0.5) is 14.5 Å². The van der Waals surface area contributed by atoms with Gasteiger partial charge in [0.1, 0.15) is 5.75 Å². The van der Waals surface area contributed by atoms with Gasteiger partial charge in [-0.05, 0) is 29.8 Å². The number of carbonyl (C=O) groups excluding carboxylic acids is 2. The van der Waals surface area contributed by atoms with Crippen LogP contribution in [0.2, 0.25) is 0 Å². The van der Waals surface area contributed by atoms with Crippen LogP contribution >= 0.6 is 0 Å². The summed E-state index contributed by atoms with van der Waals surface area (Å²) in [5.74, 6) is -1.41. The minimum atomic E-state index is -2.92. The number of hydrazine groups is 1. The van der Waals surface area contributed by atoms with Crippen LogP contribution in [-0.4, -0.2) is 23.3 Å².